The molecule has 5 rings (SSSR count). The smallest absolute Gasteiger partial charge is 0.337 e. The van der Waals surface area contributed by atoms with Crippen LogP contribution in [0.1, 0.15) is 64.9 Å². The Bertz CT molecular complexity index is 1200. The van der Waals surface area contributed by atoms with E-state index < -0.39 is 5.97 Å². The predicted octanol–water partition coefficient (Wildman–Crippen LogP) is 7.33. The van der Waals surface area contributed by atoms with E-state index in [2.05, 4.69) is 59.3 Å². The number of carboxylic acids is 1. The van der Waals surface area contributed by atoms with Crippen molar-refractivity contribution >= 4 is 18.0 Å². The number of carboxylic acid groups (broad SMARTS) is 1. The summed E-state index contributed by atoms with van der Waals surface area (Å²) in [5, 5.41) is 8.16. The molecule has 1 N–H and O–H groups in total. The summed E-state index contributed by atoms with van der Waals surface area (Å²) in [4.78, 5) is 20.8. The first-order chi connectivity index (χ1) is 17.8. The molecule has 0 saturated carbocycles. The van der Waals surface area contributed by atoms with Crippen molar-refractivity contribution in [2.75, 3.05) is 7.11 Å². The van der Waals surface area contributed by atoms with E-state index in [-0.39, 0.29) is 5.97 Å². The van der Waals surface area contributed by atoms with Gasteiger partial charge in [-0.1, -0.05) is 91.7 Å². The predicted molar refractivity (Wildman–Crippen MR) is 150 cm³/mol. The minimum absolute atomic E-state index is 0.287. The number of hydrogen-bond acceptors (Lipinski definition) is 3. The highest BCUT2D eigenvalue weighted by atomic mass is 16.5. The van der Waals surface area contributed by atoms with E-state index in [1.54, 1.807) is 28.8 Å². The Kier molecular flexibility index (Phi) is 10.3. The van der Waals surface area contributed by atoms with Gasteiger partial charge in [0.2, 0.25) is 0 Å². The Balaban J connectivity index is 0.000000173. The maximum absolute atomic E-state index is 10.9. The van der Waals surface area contributed by atoms with Crippen LogP contribution in [0.5, 0.6) is 0 Å². The molecule has 4 heteroatoms. The minimum Gasteiger partial charge on any atom is -0.481 e. The van der Waals surface area contributed by atoms with E-state index in [9.17, 15) is 9.59 Å². The average molecular weight is 499 g/mol. The topological polar surface area (TPSA) is 63.6 Å². The largest absolute Gasteiger partial charge is 0.481 e. The van der Waals surface area contributed by atoms with Crippen molar-refractivity contribution in [1.82, 2.24) is 0 Å². The molecule has 0 aliphatic heterocycles. The molecule has 194 valence electrons. The number of rotatable bonds is 5. The normalized spacial score (nSPS) is 13.4. The van der Waals surface area contributed by atoms with E-state index in [0.29, 0.717) is 17.9 Å². The van der Waals surface area contributed by atoms with Crippen LogP contribution in [0.2, 0.25) is 0 Å². The lowest BCUT2D eigenvalue weighted by Gasteiger charge is -2.10. The van der Waals surface area contributed by atoms with Crippen LogP contribution in [0.25, 0.3) is 6.08 Å². The van der Waals surface area contributed by atoms with E-state index in [0.717, 1.165) is 24.3 Å². The highest BCUT2D eigenvalue weighted by Crippen LogP contribution is 2.37. The van der Waals surface area contributed by atoms with Gasteiger partial charge in [0, 0.05) is 6.42 Å². The summed E-state index contributed by atoms with van der Waals surface area (Å²) in [5.41, 5.74) is 9.41. The van der Waals surface area contributed by atoms with Crippen molar-refractivity contribution in [3.63, 3.8) is 0 Å². The summed E-state index contributed by atoms with van der Waals surface area (Å²) in [6, 6.07) is 25.0. The molecular weight excluding hydrogens is 460 g/mol. The zero-order chi connectivity index (χ0) is 26.8. The first-order valence-corrected chi connectivity index (χ1v) is 13.0. The summed E-state index contributed by atoms with van der Waals surface area (Å²) in [7, 11) is 1.38. The fourth-order valence-electron chi connectivity index (χ4n) is 4.61. The Morgan fingerprint density at radius 1 is 0.892 bits per heavy atom. The molecule has 0 unspecified atom stereocenters. The van der Waals surface area contributed by atoms with Gasteiger partial charge in [-0.15, -0.1) is 0 Å². The molecule has 0 aromatic heterocycles. The van der Waals surface area contributed by atoms with Gasteiger partial charge >= 0.3 is 11.9 Å². The van der Waals surface area contributed by atoms with Crippen molar-refractivity contribution in [2.45, 2.75) is 52.9 Å². The van der Waals surface area contributed by atoms with Gasteiger partial charge in [0.15, 0.2) is 0 Å². The van der Waals surface area contributed by atoms with Gasteiger partial charge in [-0.2, -0.15) is 0 Å². The minimum atomic E-state index is -0.696. The molecule has 0 heterocycles. The quantitative estimate of drug-likeness (QED) is 0.374. The second-order valence-electron chi connectivity index (χ2n) is 10.2. The van der Waals surface area contributed by atoms with E-state index in [1.807, 2.05) is 32.9 Å². The standard InChI is InChI=1S/C18H16.C9H10O2.C6H12O2/c1-2-6-14-10-17(9-13(14)5-1)18-11-15-7-3-4-8-16(15)12-18;1-7-3-5-8(6-4-7)9(10)11-2;1-5(2)3-4-6(7)8/h1-9,18H,10-12H2;3-6H,1-2H3;5H,3-4H2,1-2H3,(H,7,8). The molecule has 0 spiro atoms. The first kappa shape index (κ1) is 27.9. The molecule has 0 fully saturated rings. The molecule has 0 saturated heterocycles. The molecule has 37 heavy (non-hydrogen) atoms. The fourth-order valence-corrected chi connectivity index (χ4v) is 4.61. The molecule has 0 atom stereocenters. The first-order valence-electron chi connectivity index (χ1n) is 13.0. The number of ether oxygens (including phenoxy) is 1. The van der Waals surface area contributed by atoms with Gasteiger partial charge in [0.25, 0.3) is 0 Å². The number of carbonyl (C=O) groups is 2. The number of fused-ring (bicyclic) bond motifs is 2. The molecule has 3 aromatic rings. The van der Waals surface area contributed by atoms with Crippen LogP contribution >= 0.6 is 0 Å². The van der Waals surface area contributed by atoms with Crippen LogP contribution < -0.4 is 0 Å². The number of aliphatic carboxylic acids is 1. The summed E-state index contributed by atoms with van der Waals surface area (Å²) in [6.45, 7) is 6.01. The van der Waals surface area contributed by atoms with Gasteiger partial charge in [-0.25, -0.2) is 4.79 Å². The van der Waals surface area contributed by atoms with Crippen LogP contribution in [0.15, 0.2) is 78.4 Å². The zero-order valence-electron chi connectivity index (χ0n) is 22.4. The third kappa shape index (κ3) is 8.45. The molecule has 4 nitrogen and oxygen atoms in total. The molecule has 0 radical (unpaired) electrons. The second kappa shape index (κ2) is 13.6. The second-order valence-corrected chi connectivity index (χ2v) is 10.2. The lowest BCUT2D eigenvalue weighted by molar-refractivity contribution is -0.137. The number of carbonyl (C=O) groups excluding carboxylic acids is 1. The average Bonchev–Trinajstić information content (AvgIpc) is 3.52. The lowest BCUT2D eigenvalue weighted by Crippen LogP contribution is -2.03. The number of hydrogen-bond donors (Lipinski definition) is 1. The highest BCUT2D eigenvalue weighted by Gasteiger charge is 2.26. The van der Waals surface area contributed by atoms with E-state index in [1.165, 1.54) is 31.1 Å². The van der Waals surface area contributed by atoms with Gasteiger partial charge in [0.1, 0.15) is 0 Å². The molecule has 0 amide bonds. The van der Waals surface area contributed by atoms with Crippen LogP contribution in [0, 0.1) is 18.8 Å². The monoisotopic (exact) mass is 498 g/mol. The third-order valence-corrected chi connectivity index (χ3v) is 6.77. The van der Waals surface area contributed by atoms with Gasteiger partial charge in [-0.3, -0.25) is 4.79 Å². The van der Waals surface area contributed by atoms with Gasteiger partial charge in [-0.05, 0) is 78.8 Å². The van der Waals surface area contributed by atoms with Crippen molar-refractivity contribution in [2.24, 2.45) is 11.8 Å². The van der Waals surface area contributed by atoms with E-state index >= 15 is 0 Å². The van der Waals surface area contributed by atoms with Gasteiger partial charge < -0.3 is 9.84 Å². The Morgan fingerprint density at radius 3 is 1.95 bits per heavy atom. The van der Waals surface area contributed by atoms with Crippen molar-refractivity contribution in [3.05, 3.63) is 112 Å². The zero-order valence-corrected chi connectivity index (χ0v) is 22.4. The summed E-state index contributed by atoms with van der Waals surface area (Å²) < 4.78 is 4.54. The maximum Gasteiger partial charge on any atom is 0.337 e. The summed E-state index contributed by atoms with van der Waals surface area (Å²) in [5.74, 6) is 0.254. The van der Waals surface area contributed by atoms with Gasteiger partial charge in [0.05, 0.1) is 12.7 Å². The van der Waals surface area contributed by atoms with Crippen LogP contribution in [-0.4, -0.2) is 24.2 Å². The Morgan fingerprint density at radius 2 is 1.46 bits per heavy atom. The Hall–Kier alpha value is -3.66. The molecule has 0 bridgehead atoms. The highest BCUT2D eigenvalue weighted by molar-refractivity contribution is 5.89. The van der Waals surface area contributed by atoms with Crippen molar-refractivity contribution < 1.29 is 19.4 Å². The Labute approximate surface area is 221 Å². The molecule has 2 aliphatic carbocycles. The number of methoxy groups -OCH3 is 1. The van der Waals surface area contributed by atoms with Crippen molar-refractivity contribution in [1.29, 1.82) is 0 Å². The SMILES string of the molecule is C1=C(C2Cc3ccccc3C2)Cc2ccccc21.CC(C)CCC(=O)O.COC(=O)c1ccc(C)cc1. The molecular formula is C33H38O4. The number of esters is 1. The summed E-state index contributed by atoms with van der Waals surface area (Å²) in [6.07, 6.45) is 7.14. The van der Waals surface area contributed by atoms with Crippen LogP contribution in [-0.2, 0) is 28.8 Å². The van der Waals surface area contributed by atoms with E-state index in [4.69, 9.17) is 5.11 Å². The molecule has 3 aromatic carbocycles. The number of allylic oxidation sites excluding steroid dienone is 1. The number of benzene rings is 3. The fraction of sp³-hybridized carbons (Fsp3) is 0.333. The number of aryl methyl sites for hydroxylation is 1. The van der Waals surface area contributed by atoms with Crippen LogP contribution in [0.3, 0.4) is 0 Å². The van der Waals surface area contributed by atoms with Crippen molar-refractivity contribution in [3.8, 4) is 0 Å². The molecule has 2 aliphatic rings. The third-order valence-electron chi connectivity index (χ3n) is 6.77. The maximum atomic E-state index is 10.9. The lowest BCUT2D eigenvalue weighted by atomic mass is 9.94. The van der Waals surface area contributed by atoms with Crippen LogP contribution in [0.4, 0.5) is 0 Å². The summed E-state index contributed by atoms with van der Waals surface area (Å²) >= 11 is 0.